The zero-order chi connectivity index (χ0) is 14.0. The van der Waals surface area contributed by atoms with Crippen molar-refractivity contribution in [2.75, 3.05) is 19.8 Å². The molecule has 0 aromatic carbocycles. The second-order valence-corrected chi connectivity index (χ2v) is 6.98. The van der Waals surface area contributed by atoms with Gasteiger partial charge in [-0.05, 0) is 31.1 Å². The Morgan fingerprint density at radius 1 is 1.20 bits per heavy atom. The molecule has 0 radical (unpaired) electrons. The summed E-state index contributed by atoms with van der Waals surface area (Å²) >= 11 is 0. The van der Waals surface area contributed by atoms with Crippen molar-refractivity contribution in [2.24, 2.45) is 17.8 Å². The topological polar surface area (TPSA) is 58.6 Å². The van der Waals surface area contributed by atoms with Crippen molar-refractivity contribution in [3.05, 3.63) is 0 Å². The van der Waals surface area contributed by atoms with Gasteiger partial charge in [0.2, 0.25) is 5.91 Å². The van der Waals surface area contributed by atoms with Gasteiger partial charge in [0.15, 0.2) is 0 Å². The molecular formula is C16H27NO3. The van der Waals surface area contributed by atoms with Crippen molar-refractivity contribution in [2.45, 2.75) is 56.9 Å². The number of fused-ring (bicyclic) bond motifs is 1. The van der Waals surface area contributed by atoms with Gasteiger partial charge in [0.05, 0.1) is 18.8 Å². The van der Waals surface area contributed by atoms with Crippen molar-refractivity contribution < 1.29 is 14.6 Å². The minimum atomic E-state index is -0.515. The first kappa shape index (κ1) is 14.3. The monoisotopic (exact) mass is 281 g/mol. The first-order valence-electron chi connectivity index (χ1n) is 8.25. The Hall–Kier alpha value is -0.610. The van der Waals surface area contributed by atoms with Crippen LogP contribution in [-0.2, 0) is 9.53 Å². The van der Waals surface area contributed by atoms with E-state index in [0.717, 1.165) is 18.8 Å². The van der Waals surface area contributed by atoms with Crippen LogP contribution in [0, 0.1) is 17.8 Å². The van der Waals surface area contributed by atoms with Crippen LogP contribution in [0.15, 0.2) is 0 Å². The van der Waals surface area contributed by atoms with Gasteiger partial charge in [0, 0.05) is 12.5 Å². The quantitative estimate of drug-likeness (QED) is 0.830. The molecule has 0 aromatic heterocycles. The van der Waals surface area contributed by atoms with Crippen molar-refractivity contribution >= 4 is 5.91 Å². The van der Waals surface area contributed by atoms with E-state index in [1.165, 1.54) is 38.5 Å². The lowest BCUT2D eigenvalue weighted by Gasteiger charge is -2.41. The van der Waals surface area contributed by atoms with Gasteiger partial charge in [0.25, 0.3) is 0 Å². The molecule has 3 aliphatic rings. The summed E-state index contributed by atoms with van der Waals surface area (Å²) in [6, 6.07) is 0. The highest BCUT2D eigenvalue weighted by Gasteiger charge is 2.42. The van der Waals surface area contributed by atoms with Gasteiger partial charge in [-0.3, -0.25) is 4.79 Å². The van der Waals surface area contributed by atoms with Crippen LogP contribution in [0.2, 0.25) is 0 Å². The van der Waals surface area contributed by atoms with Crippen LogP contribution in [0.4, 0.5) is 0 Å². The van der Waals surface area contributed by atoms with E-state index in [1.54, 1.807) is 0 Å². The van der Waals surface area contributed by atoms with Crippen molar-refractivity contribution in [1.82, 2.24) is 5.32 Å². The molecule has 1 amide bonds. The number of aliphatic hydroxyl groups is 1. The Bertz CT molecular complexity index is 350. The molecule has 114 valence electrons. The molecule has 3 rings (SSSR count). The van der Waals surface area contributed by atoms with E-state index in [0.29, 0.717) is 19.1 Å². The molecule has 20 heavy (non-hydrogen) atoms. The Labute approximate surface area is 121 Å². The molecule has 0 spiro atoms. The molecule has 1 heterocycles. The van der Waals surface area contributed by atoms with E-state index in [-0.39, 0.29) is 18.4 Å². The van der Waals surface area contributed by atoms with Gasteiger partial charge in [-0.2, -0.15) is 0 Å². The summed E-state index contributed by atoms with van der Waals surface area (Å²) in [6.45, 7) is 1.08. The minimum Gasteiger partial charge on any atom is -0.394 e. The van der Waals surface area contributed by atoms with Crippen LogP contribution < -0.4 is 5.32 Å². The Balaban J connectivity index is 1.66. The minimum absolute atomic E-state index is 0.0143. The smallest absolute Gasteiger partial charge is 0.223 e. The molecule has 1 aliphatic heterocycles. The van der Waals surface area contributed by atoms with E-state index in [1.807, 2.05) is 0 Å². The fraction of sp³-hybridized carbons (Fsp3) is 0.938. The lowest BCUT2D eigenvalue weighted by atomic mass is 9.65. The summed E-state index contributed by atoms with van der Waals surface area (Å²) < 4.78 is 5.37. The average Bonchev–Trinajstić information content (AvgIpc) is 2.95. The van der Waals surface area contributed by atoms with Crippen molar-refractivity contribution in [1.29, 1.82) is 0 Å². The molecule has 1 saturated heterocycles. The summed E-state index contributed by atoms with van der Waals surface area (Å²) in [5.74, 6) is 1.67. The van der Waals surface area contributed by atoms with Gasteiger partial charge in [-0.1, -0.05) is 32.1 Å². The van der Waals surface area contributed by atoms with Crippen molar-refractivity contribution in [3.8, 4) is 0 Å². The van der Waals surface area contributed by atoms with Gasteiger partial charge in [-0.15, -0.1) is 0 Å². The SMILES string of the molecule is O=C(NC1(CO)CCOC1)C1CCCC2CCCCC21. The molecule has 2 N–H and O–H groups in total. The standard InChI is InChI=1S/C16H27NO3/c18-10-16(8-9-20-11-16)17-15(19)14-7-3-5-12-4-1-2-6-13(12)14/h12-14,18H,1-11H2,(H,17,19). The summed E-state index contributed by atoms with van der Waals surface area (Å²) in [5.41, 5.74) is -0.515. The third-order valence-corrected chi connectivity index (χ3v) is 5.71. The van der Waals surface area contributed by atoms with Crippen LogP contribution in [0.25, 0.3) is 0 Å². The fourth-order valence-corrected chi connectivity index (χ4v) is 4.49. The number of aliphatic hydroxyl groups excluding tert-OH is 1. The lowest BCUT2D eigenvalue weighted by Crippen LogP contribution is -2.55. The van der Waals surface area contributed by atoms with E-state index in [9.17, 15) is 9.90 Å². The fourth-order valence-electron chi connectivity index (χ4n) is 4.49. The molecule has 4 nitrogen and oxygen atoms in total. The first-order chi connectivity index (χ1) is 9.74. The van der Waals surface area contributed by atoms with Gasteiger partial charge >= 0.3 is 0 Å². The number of hydrogen-bond acceptors (Lipinski definition) is 3. The van der Waals surface area contributed by atoms with E-state index in [2.05, 4.69) is 5.32 Å². The van der Waals surface area contributed by atoms with Gasteiger partial charge < -0.3 is 15.2 Å². The van der Waals surface area contributed by atoms with E-state index in [4.69, 9.17) is 4.74 Å². The number of rotatable bonds is 3. The van der Waals surface area contributed by atoms with E-state index < -0.39 is 5.54 Å². The van der Waals surface area contributed by atoms with E-state index >= 15 is 0 Å². The maximum absolute atomic E-state index is 12.7. The van der Waals surface area contributed by atoms with Crippen LogP contribution in [0.5, 0.6) is 0 Å². The van der Waals surface area contributed by atoms with Gasteiger partial charge in [0.1, 0.15) is 0 Å². The predicted molar refractivity (Wildman–Crippen MR) is 76.2 cm³/mol. The maximum atomic E-state index is 12.7. The molecular weight excluding hydrogens is 254 g/mol. The summed E-state index contributed by atoms with van der Waals surface area (Å²) in [5, 5.41) is 12.7. The molecule has 0 aromatic rings. The Morgan fingerprint density at radius 2 is 2.00 bits per heavy atom. The molecule has 2 aliphatic carbocycles. The lowest BCUT2D eigenvalue weighted by molar-refractivity contribution is -0.132. The number of ether oxygens (including phenoxy) is 1. The average molecular weight is 281 g/mol. The molecule has 4 unspecified atom stereocenters. The highest BCUT2D eigenvalue weighted by molar-refractivity contribution is 5.80. The van der Waals surface area contributed by atoms with Gasteiger partial charge in [-0.25, -0.2) is 0 Å². The third kappa shape index (κ3) is 2.73. The van der Waals surface area contributed by atoms with Crippen LogP contribution in [0.3, 0.4) is 0 Å². The summed E-state index contributed by atoms with van der Waals surface area (Å²) in [4.78, 5) is 12.7. The molecule has 0 bridgehead atoms. The summed E-state index contributed by atoms with van der Waals surface area (Å²) in [7, 11) is 0. The molecule has 2 saturated carbocycles. The largest absolute Gasteiger partial charge is 0.394 e. The highest BCUT2D eigenvalue weighted by Crippen LogP contribution is 2.44. The van der Waals surface area contributed by atoms with Crippen molar-refractivity contribution in [3.63, 3.8) is 0 Å². The second-order valence-electron chi connectivity index (χ2n) is 6.98. The number of hydrogen-bond donors (Lipinski definition) is 2. The number of carbonyl (C=O) groups is 1. The zero-order valence-corrected chi connectivity index (χ0v) is 12.3. The van der Waals surface area contributed by atoms with Crippen LogP contribution >= 0.6 is 0 Å². The number of nitrogens with one attached hydrogen (secondary N) is 1. The Kier molecular flexibility index (Phi) is 4.32. The normalized spacial score (nSPS) is 41.1. The number of carbonyl (C=O) groups excluding carboxylic acids is 1. The molecule has 4 heteroatoms. The van der Waals surface area contributed by atoms with Crippen LogP contribution in [0.1, 0.15) is 51.4 Å². The maximum Gasteiger partial charge on any atom is 0.223 e. The predicted octanol–water partition coefficient (Wildman–Crippen LogP) is 1.86. The Morgan fingerprint density at radius 3 is 2.75 bits per heavy atom. The zero-order valence-electron chi connectivity index (χ0n) is 12.3. The highest BCUT2D eigenvalue weighted by atomic mass is 16.5. The summed E-state index contributed by atoms with van der Waals surface area (Å²) in [6.07, 6.45) is 9.38. The first-order valence-corrected chi connectivity index (χ1v) is 8.25. The third-order valence-electron chi connectivity index (χ3n) is 5.71. The molecule has 3 fully saturated rings. The second kappa shape index (κ2) is 6.02. The molecule has 4 atom stereocenters. The number of amides is 1. The van der Waals surface area contributed by atoms with Crippen LogP contribution in [-0.4, -0.2) is 36.4 Å².